The van der Waals surface area contributed by atoms with Gasteiger partial charge in [-0.05, 0) is 24.3 Å². The van der Waals surface area contributed by atoms with E-state index >= 15 is 0 Å². The SMILES string of the molecule is CNc1ncnc2c1ccn2C(=O)N(C)c1cc(C(F)(F)F)ccc1O[C@H]1C[C@@H](O)C[C@@H](C(=O)O)O1. The number of ether oxygens (including phenoxy) is 2. The molecule has 0 spiro atoms. The fraction of sp³-hybridized carbons (Fsp3) is 0.364. The minimum Gasteiger partial charge on any atom is -0.479 e. The predicted octanol–water partition coefficient (Wildman–Crippen LogP) is 2.93. The van der Waals surface area contributed by atoms with Crippen LogP contribution in [0.5, 0.6) is 5.75 Å². The number of aliphatic hydroxyl groups excluding tert-OH is 1. The zero-order valence-electron chi connectivity index (χ0n) is 19.1. The lowest BCUT2D eigenvalue weighted by Gasteiger charge is -2.32. The fourth-order valence-corrected chi connectivity index (χ4v) is 3.86. The van der Waals surface area contributed by atoms with Crippen LogP contribution in [0.1, 0.15) is 18.4 Å². The highest BCUT2D eigenvalue weighted by Gasteiger charge is 2.36. The third kappa shape index (κ3) is 4.90. The quantitative estimate of drug-likeness (QED) is 0.474. The van der Waals surface area contributed by atoms with Gasteiger partial charge >= 0.3 is 18.2 Å². The van der Waals surface area contributed by atoms with Gasteiger partial charge in [-0.15, -0.1) is 0 Å². The molecule has 14 heteroatoms. The Bertz CT molecular complexity index is 1300. The number of carboxylic acid groups (broad SMARTS) is 1. The molecule has 3 aromatic rings. The van der Waals surface area contributed by atoms with Crippen molar-refractivity contribution in [3.05, 3.63) is 42.4 Å². The van der Waals surface area contributed by atoms with Gasteiger partial charge in [0.2, 0.25) is 6.29 Å². The largest absolute Gasteiger partial charge is 0.479 e. The number of amides is 1. The Hall–Kier alpha value is -3.91. The lowest BCUT2D eigenvalue weighted by molar-refractivity contribution is -0.195. The van der Waals surface area contributed by atoms with Crippen molar-refractivity contribution in [1.29, 1.82) is 0 Å². The molecule has 2 aromatic heterocycles. The second kappa shape index (κ2) is 9.62. The van der Waals surface area contributed by atoms with Crippen molar-refractivity contribution in [3.63, 3.8) is 0 Å². The zero-order valence-corrected chi connectivity index (χ0v) is 19.1. The van der Waals surface area contributed by atoms with Crippen LogP contribution in [0.2, 0.25) is 0 Å². The van der Waals surface area contributed by atoms with E-state index in [4.69, 9.17) is 9.47 Å². The van der Waals surface area contributed by atoms with Crippen molar-refractivity contribution >= 4 is 34.5 Å². The Balaban J connectivity index is 1.71. The number of rotatable bonds is 5. The average molecular weight is 509 g/mol. The molecule has 0 unspecified atom stereocenters. The molecule has 1 aromatic carbocycles. The van der Waals surface area contributed by atoms with Gasteiger partial charge in [0.15, 0.2) is 11.8 Å². The summed E-state index contributed by atoms with van der Waals surface area (Å²) < 4.78 is 52.6. The second-order valence-corrected chi connectivity index (χ2v) is 8.05. The Morgan fingerprint density at radius 1 is 1.25 bits per heavy atom. The number of hydrogen-bond acceptors (Lipinski definition) is 8. The number of carbonyl (C=O) groups excluding carboxylic acids is 1. The van der Waals surface area contributed by atoms with Crippen LogP contribution >= 0.6 is 0 Å². The van der Waals surface area contributed by atoms with Crippen LogP contribution in [0.4, 0.5) is 29.5 Å². The molecule has 3 atom stereocenters. The van der Waals surface area contributed by atoms with E-state index in [0.29, 0.717) is 11.2 Å². The highest BCUT2D eigenvalue weighted by molar-refractivity contribution is 6.01. The number of hydrogen-bond donors (Lipinski definition) is 3. The van der Waals surface area contributed by atoms with Gasteiger partial charge in [-0.1, -0.05) is 0 Å². The molecule has 0 radical (unpaired) electrons. The number of aliphatic hydroxyl groups is 1. The Kier molecular flexibility index (Phi) is 6.73. The Morgan fingerprint density at radius 2 is 2.00 bits per heavy atom. The summed E-state index contributed by atoms with van der Waals surface area (Å²) in [5.41, 5.74) is -1.06. The van der Waals surface area contributed by atoms with E-state index in [1.165, 1.54) is 19.6 Å². The summed E-state index contributed by atoms with van der Waals surface area (Å²) in [7, 11) is 2.89. The van der Waals surface area contributed by atoms with Crippen molar-refractivity contribution in [2.24, 2.45) is 0 Å². The van der Waals surface area contributed by atoms with Crippen molar-refractivity contribution in [2.45, 2.75) is 37.5 Å². The molecule has 0 bridgehead atoms. The Labute approximate surface area is 202 Å². The number of halogens is 3. The molecule has 3 heterocycles. The van der Waals surface area contributed by atoms with Crippen LogP contribution in [0, 0.1) is 0 Å². The predicted molar refractivity (Wildman–Crippen MR) is 120 cm³/mol. The maximum atomic E-state index is 13.5. The molecule has 0 saturated carbocycles. The third-order valence-electron chi connectivity index (χ3n) is 5.66. The fourth-order valence-electron chi connectivity index (χ4n) is 3.86. The third-order valence-corrected chi connectivity index (χ3v) is 5.66. The van der Waals surface area contributed by atoms with E-state index in [9.17, 15) is 33.0 Å². The number of aliphatic carboxylic acids is 1. The number of nitrogens with zero attached hydrogens (tertiary/aromatic N) is 4. The lowest BCUT2D eigenvalue weighted by atomic mass is 10.1. The first-order valence-electron chi connectivity index (χ1n) is 10.7. The number of benzene rings is 1. The van der Waals surface area contributed by atoms with Crippen molar-refractivity contribution in [1.82, 2.24) is 14.5 Å². The molecule has 1 aliphatic rings. The van der Waals surface area contributed by atoms with Gasteiger partial charge in [-0.2, -0.15) is 13.2 Å². The Morgan fingerprint density at radius 3 is 2.67 bits per heavy atom. The standard InChI is InChI=1S/C22H22F3N5O6/c1-26-18-13-5-6-30(19(13)28-10-27-18)21(34)29(2)14-7-11(22(23,24)25)3-4-15(14)35-17-9-12(31)8-16(36-17)20(32)33/h3-7,10,12,16-17,31H,8-9H2,1-2H3,(H,32,33)(H,26,27,28)/t12-,16-,17+/m0/s1. The van der Waals surface area contributed by atoms with Gasteiger partial charge in [0.25, 0.3) is 0 Å². The average Bonchev–Trinajstić information content (AvgIpc) is 3.26. The van der Waals surface area contributed by atoms with Gasteiger partial charge < -0.3 is 25.0 Å². The monoisotopic (exact) mass is 509 g/mol. The van der Waals surface area contributed by atoms with E-state index in [0.717, 1.165) is 27.7 Å². The molecular weight excluding hydrogens is 487 g/mol. The van der Waals surface area contributed by atoms with Gasteiger partial charge in [0.05, 0.1) is 22.7 Å². The van der Waals surface area contributed by atoms with E-state index in [1.807, 2.05) is 0 Å². The van der Waals surface area contributed by atoms with Crippen molar-refractivity contribution in [3.8, 4) is 5.75 Å². The number of carboxylic acids is 1. The summed E-state index contributed by atoms with van der Waals surface area (Å²) in [5, 5.41) is 22.6. The van der Waals surface area contributed by atoms with Crippen LogP contribution < -0.4 is 15.0 Å². The molecule has 1 aliphatic heterocycles. The molecule has 11 nitrogen and oxygen atoms in total. The molecule has 1 amide bonds. The van der Waals surface area contributed by atoms with Gasteiger partial charge in [0, 0.05) is 33.1 Å². The molecule has 3 N–H and O–H groups in total. The first-order valence-corrected chi connectivity index (χ1v) is 10.7. The molecular formula is C22H22F3N5O6. The molecule has 1 saturated heterocycles. The minimum atomic E-state index is -4.71. The summed E-state index contributed by atoms with van der Waals surface area (Å²) in [4.78, 5) is 33.8. The molecule has 36 heavy (non-hydrogen) atoms. The maximum absolute atomic E-state index is 13.5. The number of carbonyl (C=O) groups is 2. The molecule has 4 rings (SSSR count). The van der Waals surface area contributed by atoms with Gasteiger partial charge in [-0.3, -0.25) is 9.47 Å². The first kappa shape index (κ1) is 25.2. The summed E-state index contributed by atoms with van der Waals surface area (Å²) in [6, 6.07) is 3.35. The van der Waals surface area contributed by atoms with E-state index in [-0.39, 0.29) is 29.9 Å². The topological polar surface area (TPSA) is 139 Å². The van der Waals surface area contributed by atoms with E-state index in [2.05, 4.69) is 15.3 Å². The van der Waals surface area contributed by atoms with Crippen LogP contribution in [-0.2, 0) is 15.7 Å². The normalized spacial score (nSPS) is 20.2. The van der Waals surface area contributed by atoms with Gasteiger partial charge in [0.1, 0.15) is 17.9 Å². The maximum Gasteiger partial charge on any atom is 0.416 e. The van der Waals surface area contributed by atoms with Gasteiger partial charge in [-0.25, -0.2) is 19.6 Å². The van der Waals surface area contributed by atoms with Crippen LogP contribution in [0.25, 0.3) is 11.0 Å². The summed E-state index contributed by atoms with van der Waals surface area (Å²) in [5.74, 6) is -1.04. The lowest BCUT2D eigenvalue weighted by Crippen LogP contribution is -2.42. The highest BCUT2D eigenvalue weighted by Crippen LogP contribution is 2.38. The summed E-state index contributed by atoms with van der Waals surface area (Å²) >= 11 is 0. The van der Waals surface area contributed by atoms with Crippen molar-refractivity contribution < 1.29 is 42.4 Å². The second-order valence-electron chi connectivity index (χ2n) is 8.05. The number of alkyl halides is 3. The number of fused-ring (bicyclic) bond motifs is 1. The number of aromatic nitrogens is 3. The number of anilines is 2. The first-order chi connectivity index (χ1) is 17.0. The minimum absolute atomic E-state index is 0.117. The molecule has 1 fully saturated rings. The van der Waals surface area contributed by atoms with E-state index in [1.54, 1.807) is 13.1 Å². The van der Waals surface area contributed by atoms with Crippen LogP contribution in [0.3, 0.4) is 0 Å². The number of nitrogens with one attached hydrogen (secondary N) is 1. The van der Waals surface area contributed by atoms with Crippen LogP contribution in [-0.4, -0.2) is 69.3 Å². The summed E-state index contributed by atoms with van der Waals surface area (Å²) in [6.45, 7) is 0. The molecule has 0 aliphatic carbocycles. The molecule has 192 valence electrons. The van der Waals surface area contributed by atoms with Crippen LogP contribution in [0.15, 0.2) is 36.8 Å². The van der Waals surface area contributed by atoms with Crippen molar-refractivity contribution in [2.75, 3.05) is 24.3 Å². The zero-order chi connectivity index (χ0) is 26.2. The smallest absolute Gasteiger partial charge is 0.416 e. The highest BCUT2D eigenvalue weighted by atomic mass is 19.4. The summed E-state index contributed by atoms with van der Waals surface area (Å²) in [6.07, 6.45) is -6.03. The van der Waals surface area contributed by atoms with E-state index < -0.39 is 42.2 Å².